The van der Waals surface area contributed by atoms with Crippen LogP contribution in [-0.2, 0) is 13.0 Å². The van der Waals surface area contributed by atoms with Gasteiger partial charge in [-0.1, -0.05) is 0 Å². The Hall–Kier alpha value is -2.31. The van der Waals surface area contributed by atoms with E-state index in [1.54, 1.807) is 0 Å². The first-order chi connectivity index (χ1) is 9.58. The molecule has 7 heteroatoms. The van der Waals surface area contributed by atoms with Gasteiger partial charge in [-0.3, -0.25) is 4.79 Å². The lowest BCUT2D eigenvalue weighted by Crippen LogP contribution is -2.36. The maximum atomic E-state index is 13.6. The van der Waals surface area contributed by atoms with E-state index >= 15 is 0 Å². The van der Waals surface area contributed by atoms with E-state index in [1.807, 2.05) is 0 Å². The molecule has 1 N–H and O–H groups in total. The van der Waals surface area contributed by atoms with Gasteiger partial charge in [0.15, 0.2) is 17.5 Å². The molecule has 20 heavy (non-hydrogen) atoms. The molecule has 0 fully saturated rings. The lowest BCUT2D eigenvalue weighted by atomic mass is 10.1. The molecule has 0 saturated heterocycles. The number of imidazole rings is 1. The molecule has 0 atom stereocenters. The number of aromatic nitrogens is 2. The molecule has 104 valence electrons. The minimum absolute atomic E-state index is 0.243. The molecule has 1 aliphatic heterocycles. The Kier molecular flexibility index (Phi) is 2.96. The van der Waals surface area contributed by atoms with Gasteiger partial charge in [0.25, 0.3) is 5.91 Å². The summed E-state index contributed by atoms with van der Waals surface area (Å²) in [5.41, 5.74) is 1.17. The highest BCUT2D eigenvalue weighted by Crippen LogP contribution is 2.21. The first-order valence-electron chi connectivity index (χ1n) is 6.02. The predicted octanol–water partition coefficient (Wildman–Crippen LogP) is 2.03. The maximum absolute atomic E-state index is 13.6. The minimum atomic E-state index is -1.63. The number of hydrogen-bond donors (Lipinski definition) is 1. The number of aromatic amines is 1. The van der Waals surface area contributed by atoms with Crippen LogP contribution in [0.5, 0.6) is 0 Å². The van der Waals surface area contributed by atoms with E-state index in [0.29, 0.717) is 13.0 Å². The number of nitrogens with zero attached hydrogens (tertiary/aromatic N) is 2. The molecule has 4 nitrogen and oxygen atoms in total. The molecular formula is C13H10F3N3O. The zero-order valence-corrected chi connectivity index (χ0v) is 10.3. The molecule has 3 rings (SSSR count). The van der Waals surface area contributed by atoms with Crippen LogP contribution in [0.25, 0.3) is 0 Å². The molecule has 0 aliphatic carbocycles. The van der Waals surface area contributed by atoms with Gasteiger partial charge in [-0.05, 0) is 12.1 Å². The summed E-state index contributed by atoms with van der Waals surface area (Å²) in [5.74, 6) is -5.06. The number of fused-ring (bicyclic) bond motifs is 1. The quantitative estimate of drug-likeness (QED) is 0.813. The lowest BCUT2D eigenvalue weighted by molar-refractivity contribution is 0.0725. The van der Waals surface area contributed by atoms with Crippen molar-refractivity contribution >= 4 is 5.91 Å². The molecule has 0 unspecified atom stereocenters. The number of rotatable bonds is 1. The fourth-order valence-corrected chi connectivity index (χ4v) is 2.25. The molecule has 1 aliphatic rings. The number of H-pyrrole nitrogens is 1. The standard InChI is InChI=1S/C13H10F3N3O/c14-8-2-1-7(11(15)12(8)16)13(20)19-4-3-9-10(5-19)18-6-17-9/h1-2,6H,3-5H2,(H,17,18). The second-order valence-corrected chi connectivity index (χ2v) is 4.53. The van der Waals surface area contributed by atoms with Gasteiger partial charge < -0.3 is 9.88 Å². The first kappa shape index (κ1) is 12.7. The molecule has 2 aromatic rings. The summed E-state index contributed by atoms with van der Waals surface area (Å²) in [7, 11) is 0. The summed E-state index contributed by atoms with van der Waals surface area (Å²) in [6.45, 7) is 0.599. The van der Waals surface area contributed by atoms with Crippen molar-refractivity contribution in [2.75, 3.05) is 6.54 Å². The van der Waals surface area contributed by atoms with Crippen molar-refractivity contribution in [3.8, 4) is 0 Å². The fourth-order valence-electron chi connectivity index (χ4n) is 2.25. The van der Waals surface area contributed by atoms with Crippen molar-refractivity contribution in [2.45, 2.75) is 13.0 Å². The Morgan fingerprint density at radius 1 is 1.25 bits per heavy atom. The van der Waals surface area contributed by atoms with E-state index < -0.39 is 28.9 Å². The smallest absolute Gasteiger partial charge is 0.257 e. The summed E-state index contributed by atoms with van der Waals surface area (Å²) in [6, 6.07) is 1.70. The van der Waals surface area contributed by atoms with Crippen molar-refractivity contribution < 1.29 is 18.0 Å². The van der Waals surface area contributed by atoms with E-state index in [2.05, 4.69) is 9.97 Å². The van der Waals surface area contributed by atoms with Crippen molar-refractivity contribution in [2.24, 2.45) is 0 Å². The number of halogens is 3. The van der Waals surface area contributed by atoms with Gasteiger partial charge >= 0.3 is 0 Å². The molecule has 0 spiro atoms. The highest BCUT2D eigenvalue weighted by molar-refractivity contribution is 5.94. The zero-order chi connectivity index (χ0) is 14.3. The van der Waals surface area contributed by atoms with Gasteiger partial charge in [0.2, 0.25) is 0 Å². The second kappa shape index (κ2) is 4.66. The van der Waals surface area contributed by atoms with Gasteiger partial charge in [0.05, 0.1) is 29.8 Å². The Bertz CT molecular complexity index is 683. The fraction of sp³-hybridized carbons (Fsp3) is 0.231. The predicted molar refractivity (Wildman–Crippen MR) is 63.3 cm³/mol. The van der Waals surface area contributed by atoms with Crippen molar-refractivity contribution in [3.63, 3.8) is 0 Å². The third-order valence-corrected chi connectivity index (χ3v) is 3.33. The average molecular weight is 281 g/mol. The van der Waals surface area contributed by atoms with E-state index in [4.69, 9.17) is 0 Å². The number of hydrogen-bond acceptors (Lipinski definition) is 2. The third kappa shape index (κ3) is 1.95. The molecular weight excluding hydrogens is 271 g/mol. The van der Waals surface area contributed by atoms with E-state index in [9.17, 15) is 18.0 Å². The molecule has 1 aromatic heterocycles. The number of nitrogens with one attached hydrogen (secondary N) is 1. The van der Waals surface area contributed by atoms with Crippen LogP contribution in [0.3, 0.4) is 0 Å². The number of carbonyl (C=O) groups is 1. The summed E-state index contributed by atoms with van der Waals surface area (Å²) in [5, 5.41) is 0. The summed E-state index contributed by atoms with van der Waals surface area (Å²) in [4.78, 5) is 20.5. The first-order valence-corrected chi connectivity index (χ1v) is 6.02. The van der Waals surface area contributed by atoms with Crippen LogP contribution in [0.15, 0.2) is 18.5 Å². The van der Waals surface area contributed by atoms with Gasteiger partial charge in [-0.25, -0.2) is 18.2 Å². The Balaban J connectivity index is 1.89. The summed E-state index contributed by atoms with van der Waals surface area (Å²) in [6.07, 6.45) is 2.06. The Morgan fingerprint density at radius 2 is 2.05 bits per heavy atom. The van der Waals surface area contributed by atoms with Crippen LogP contribution >= 0.6 is 0 Å². The van der Waals surface area contributed by atoms with E-state index in [1.165, 1.54) is 11.2 Å². The Morgan fingerprint density at radius 3 is 2.85 bits per heavy atom. The second-order valence-electron chi connectivity index (χ2n) is 4.53. The normalized spacial score (nSPS) is 14.2. The molecule has 0 bridgehead atoms. The molecule has 1 amide bonds. The van der Waals surface area contributed by atoms with Crippen LogP contribution in [-0.4, -0.2) is 27.3 Å². The van der Waals surface area contributed by atoms with Crippen LogP contribution in [0.1, 0.15) is 21.7 Å². The van der Waals surface area contributed by atoms with Crippen molar-refractivity contribution in [1.29, 1.82) is 0 Å². The van der Waals surface area contributed by atoms with Gasteiger partial charge in [0.1, 0.15) is 0 Å². The topological polar surface area (TPSA) is 49.0 Å². The molecule has 0 saturated carbocycles. The largest absolute Gasteiger partial charge is 0.347 e. The molecule has 2 heterocycles. The lowest BCUT2D eigenvalue weighted by Gasteiger charge is -2.26. The SMILES string of the molecule is O=C(c1ccc(F)c(F)c1F)N1CCc2nc[nH]c2C1. The zero-order valence-electron chi connectivity index (χ0n) is 10.3. The number of amides is 1. The molecule has 1 aromatic carbocycles. The maximum Gasteiger partial charge on any atom is 0.257 e. The van der Waals surface area contributed by atoms with E-state index in [-0.39, 0.29) is 6.54 Å². The van der Waals surface area contributed by atoms with Gasteiger partial charge in [-0.2, -0.15) is 0 Å². The van der Waals surface area contributed by atoms with E-state index in [0.717, 1.165) is 23.5 Å². The van der Waals surface area contributed by atoms with Crippen LogP contribution < -0.4 is 0 Å². The van der Waals surface area contributed by atoms with Gasteiger partial charge in [0, 0.05) is 13.0 Å². The highest BCUT2D eigenvalue weighted by Gasteiger charge is 2.27. The summed E-state index contributed by atoms with van der Waals surface area (Å²) < 4.78 is 39.7. The van der Waals surface area contributed by atoms with Crippen LogP contribution in [0.4, 0.5) is 13.2 Å². The third-order valence-electron chi connectivity index (χ3n) is 3.33. The minimum Gasteiger partial charge on any atom is -0.347 e. The Labute approximate surface area is 112 Å². The highest BCUT2D eigenvalue weighted by atomic mass is 19.2. The van der Waals surface area contributed by atoms with Crippen molar-refractivity contribution in [3.05, 3.63) is 52.9 Å². The average Bonchev–Trinajstić information content (AvgIpc) is 2.91. The van der Waals surface area contributed by atoms with Crippen LogP contribution in [0.2, 0.25) is 0 Å². The van der Waals surface area contributed by atoms with Gasteiger partial charge in [-0.15, -0.1) is 0 Å². The van der Waals surface area contributed by atoms with Crippen LogP contribution in [0, 0.1) is 17.5 Å². The summed E-state index contributed by atoms with van der Waals surface area (Å²) >= 11 is 0. The monoisotopic (exact) mass is 281 g/mol. The molecule has 0 radical (unpaired) electrons. The number of carbonyl (C=O) groups excluding carboxylic acids is 1. The van der Waals surface area contributed by atoms with Crippen molar-refractivity contribution in [1.82, 2.24) is 14.9 Å². The number of benzene rings is 1.